The van der Waals surface area contributed by atoms with Crippen molar-refractivity contribution in [2.75, 3.05) is 13.1 Å². The molecular weight excluding hydrogens is 516 g/mol. The van der Waals surface area contributed by atoms with Crippen molar-refractivity contribution >= 4 is 29.0 Å². The molecule has 196 valence electrons. The number of thiophene rings is 1. The van der Waals surface area contributed by atoms with E-state index in [0.29, 0.717) is 45.9 Å². The molecule has 0 bridgehead atoms. The molecule has 12 heteroatoms. The molecule has 7 rings (SSSR count). The summed E-state index contributed by atoms with van der Waals surface area (Å²) in [6, 6.07) is 9.93. The molecule has 11 nitrogen and oxygen atoms in total. The number of amides is 1. The highest BCUT2D eigenvalue weighted by Gasteiger charge is 2.29. The van der Waals surface area contributed by atoms with Gasteiger partial charge in [-0.25, -0.2) is 9.78 Å². The van der Waals surface area contributed by atoms with E-state index in [4.69, 9.17) is 9.98 Å². The number of imidazole rings is 1. The third kappa shape index (κ3) is 4.52. The molecule has 5 aromatic heterocycles. The van der Waals surface area contributed by atoms with Crippen LogP contribution in [0.5, 0.6) is 5.88 Å². The molecule has 1 atom stereocenters. The highest BCUT2D eigenvalue weighted by Crippen LogP contribution is 2.31. The number of aromatic amines is 2. The van der Waals surface area contributed by atoms with Crippen molar-refractivity contribution in [3.05, 3.63) is 86.2 Å². The molecule has 1 unspecified atom stereocenters. The van der Waals surface area contributed by atoms with Crippen molar-refractivity contribution in [1.82, 2.24) is 34.4 Å². The molecule has 5 aromatic rings. The normalized spacial score (nSPS) is 18.5. The van der Waals surface area contributed by atoms with Crippen molar-refractivity contribution in [3.8, 4) is 16.5 Å². The zero-order valence-electron chi connectivity index (χ0n) is 20.7. The van der Waals surface area contributed by atoms with Crippen LogP contribution in [0.4, 0.5) is 0 Å². The lowest BCUT2D eigenvalue weighted by atomic mass is 10.0. The average molecular weight is 541 g/mol. The summed E-state index contributed by atoms with van der Waals surface area (Å²) < 4.78 is 1.66. The SMILES string of the molecule is O=C(c1ccc(-c2cc(=NC3CC3)n3nc/c(=C/c4[nH]c(=O)[nH]c4O)c3n2)s1)N1CCC(c2cccnc2)C1. The van der Waals surface area contributed by atoms with Gasteiger partial charge in [-0.2, -0.15) is 9.61 Å². The van der Waals surface area contributed by atoms with Gasteiger partial charge in [-0.05, 0) is 49.1 Å². The largest absolute Gasteiger partial charge is 0.493 e. The Kier molecular flexibility index (Phi) is 5.62. The molecule has 39 heavy (non-hydrogen) atoms. The second kappa shape index (κ2) is 9.31. The number of nitrogens with one attached hydrogen (secondary N) is 2. The molecular formula is C27H24N8O3S. The Morgan fingerprint density at radius 3 is 2.85 bits per heavy atom. The van der Waals surface area contributed by atoms with Gasteiger partial charge in [-0.1, -0.05) is 6.07 Å². The van der Waals surface area contributed by atoms with Crippen LogP contribution in [-0.4, -0.2) is 64.6 Å². The average Bonchev–Trinajstić information content (AvgIpc) is 3.33. The van der Waals surface area contributed by atoms with Crippen molar-refractivity contribution < 1.29 is 9.90 Å². The fourth-order valence-electron chi connectivity index (χ4n) is 4.90. The molecule has 0 aromatic carbocycles. The van der Waals surface area contributed by atoms with Crippen LogP contribution in [0.1, 0.15) is 46.1 Å². The van der Waals surface area contributed by atoms with Gasteiger partial charge < -0.3 is 15.0 Å². The number of likely N-dealkylation sites (tertiary alicyclic amines) is 1. The molecule has 1 saturated heterocycles. The van der Waals surface area contributed by atoms with Crippen molar-refractivity contribution in [3.63, 3.8) is 0 Å². The second-order valence-corrected chi connectivity index (χ2v) is 11.0. The summed E-state index contributed by atoms with van der Waals surface area (Å²) in [5.41, 5.74) is 2.78. The standard InChI is InChI=1S/C27H24N8O3S/c36-25-20(32-27(38)33-25)10-17-13-29-35-23(30-18-3-4-18)11-19(31-24(17)35)21-5-6-22(39-21)26(37)34-9-7-16(14-34)15-2-1-8-28-12-15/h1-2,5-6,8,10-13,16,18,36H,3-4,7,9,14H2,(H2,32,33,38)/b17-10-,30-23?. The van der Waals surface area contributed by atoms with E-state index in [0.717, 1.165) is 29.7 Å². The number of rotatable bonds is 5. The summed E-state index contributed by atoms with van der Waals surface area (Å²) in [6.45, 7) is 1.39. The van der Waals surface area contributed by atoms with E-state index in [9.17, 15) is 14.7 Å². The lowest BCUT2D eigenvalue weighted by Gasteiger charge is -2.15. The number of hydrogen-bond donors (Lipinski definition) is 3. The quantitative estimate of drug-likeness (QED) is 0.310. The smallest absolute Gasteiger partial charge is 0.326 e. The van der Waals surface area contributed by atoms with Gasteiger partial charge in [0, 0.05) is 42.7 Å². The molecule has 3 N–H and O–H groups in total. The molecule has 2 aliphatic rings. The van der Waals surface area contributed by atoms with E-state index in [-0.39, 0.29) is 23.5 Å². The third-order valence-electron chi connectivity index (χ3n) is 7.08. The summed E-state index contributed by atoms with van der Waals surface area (Å²) in [7, 11) is 0. The minimum atomic E-state index is -0.506. The molecule has 2 fully saturated rings. The van der Waals surface area contributed by atoms with E-state index in [1.165, 1.54) is 11.3 Å². The van der Waals surface area contributed by atoms with Crippen LogP contribution in [-0.2, 0) is 0 Å². The number of aromatic hydroxyl groups is 1. The molecule has 0 radical (unpaired) electrons. The zero-order chi connectivity index (χ0) is 26.5. The summed E-state index contributed by atoms with van der Waals surface area (Å²) in [6.07, 6.45) is 9.87. The fraction of sp³-hybridized carbons (Fsp3) is 0.259. The number of aromatic nitrogens is 6. The van der Waals surface area contributed by atoms with Gasteiger partial charge in [-0.15, -0.1) is 11.3 Å². The van der Waals surface area contributed by atoms with Crippen LogP contribution in [0.25, 0.3) is 22.3 Å². The number of carbonyl (C=O) groups is 1. The topological polar surface area (TPSA) is 145 Å². The first-order valence-electron chi connectivity index (χ1n) is 12.8. The molecule has 0 spiro atoms. The first kappa shape index (κ1) is 23.5. The summed E-state index contributed by atoms with van der Waals surface area (Å²) in [4.78, 5) is 47.1. The zero-order valence-corrected chi connectivity index (χ0v) is 21.6. The summed E-state index contributed by atoms with van der Waals surface area (Å²) in [5.74, 6) is 0.0584. The van der Waals surface area contributed by atoms with Gasteiger partial charge in [0.05, 0.1) is 27.7 Å². The maximum atomic E-state index is 13.4. The van der Waals surface area contributed by atoms with Crippen LogP contribution in [0.3, 0.4) is 0 Å². The third-order valence-corrected chi connectivity index (χ3v) is 8.17. The molecule has 6 heterocycles. The Hall–Kier alpha value is -4.58. The predicted molar refractivity (Wildman–Crippen MR) is 144 cm³/mol. The molecule has 1 aliphatic heterocycles. The first-order valence-corrected chi connectivity index (χ1v) is 13.6. The van der Waals surface area contributed by atoms with Gasteiger partial charge in [0.25, 0.3) is 5.91 Å². The van der Waals surface area contributed by atoms with Crippen LogP contribution in [0.15, 0.2) is 58.7 Å². The van der Waals surface area contributed by atoms with Crippen molar-refractivity contribution in [2.45, 2.75) is 31.2 Å². The fourth-order valence-corrected chi connectivity index (χ4v) is 5.84. The maximum absolute atomic E-state index is 13.4. The number of fused-ring (bicyclic) bond motifs is 1. The molecule has 1 amide bonds. The Balaban J connectivity index is 1.23. The minimum Gasteiger partial charge on any atom is -0.493 e. The number of hydrogen-bond acceptors (Lipinski definition) is 8. The highest BCUT2D eigenvalue weighted by molar-refractivity contribution is 7.17. The van der Waals surface area contributed by atoms with Gasteiger partial charge in [-0.3, -0.25) is 19.8 Å². The summed E-state index contributed by atoms with van der Waals surface area (Å²) in [5, 5.41) is 15.1. The van der Waals surface area contributed by atoms with E-state index in [1.54, 1.807) is 23.0 Å². The van der Waals surface area contributed by atoms with E-state index < -0.39 is 5.69 Å². The minimum absolute atomic E-state index is 0.0203. The molecule has 1 aliphatic carbocycles. The van der Waals surface area contributed by atoms with Crippen LogP contribution >= 0.6 is 11.3 Å². The van der Waals surface area contributed by atoms with Gasteiger partial charge in [0.15, 0.2) is 11.1 Å². The van der Waals surface area contributed by atoms with Gasteiger partial charge >= 0.3 is 5.69 Å². The number of carbonyl (C=O) groups excluding carboxylic acids is 1. The lowest BCUT2D eigenvalue weighted by molar-refractivity contribution is 0.0795. The Labute approximate surface area is 225 Å². The van der Waals surface area contributed by atoms with E-state index >= 15 is 0 Å². The number of nitrogens with zero attached hydrogens (tertiary/aromatic N) is 6. The van der Waals surface area contributed by atoms with Crippen LogP contribution in [0.2, 0.25) is 0 Å². The van der Waals surface area contributed by atoms with Crippen molar-refractivity contribution in [1.29, 1.82) is 0 Å². The van der Waals surface area contributed by atoms with E-state index in [2.05, 4.69) is 26.1 Å². The highest BCUT2D eigenvalue weighted by atomic mass is 32.1. The van der Waals surface area contributed by atoms with Crippen molar-refractivity contribution in [2.24, 2.45) is 4.99 Å². The number of H-pyrrole nitrogens is 2. The lowest BCUT2D eigenvalue weighted by Crippen LogP contribution is -2.27. The monoisotopic (exact) mass is 540 g/mol. The Morgan fingerprint density at radius 1 is 1.18 bits per heavy atom. The molecule has 1 saturated carbocycles. The van der Waals surface area contributed by atoms with Crippen LogP contribution < -0.4 is 16.4 Å². The number of pyridine rings is 1. The van der Waals surface area contributed by atoms with Gasteiger partial charge in [0.2, 0.25) is 5.88 Å². The second-order valence-electron chi connectivity index (χ2n) is 9.87. The summed E-state index contributed by atoms with van der Waals surface area (Å²) >= 11 is 1.41. The predicted octanol–water partition coefficient (Wildman–Crippen LogP) is 1.82. The van der Waals surface area contributed by atoms with Crippen LogP contribution in [0, 0.1) is 0 Å². The Bertz CT molecular complexity index is 1880. The Morgan fingerprint density at radius 2 is 2.08 bits per heavy atom. The maximum Gasteiger partial charge on any atom is 0.326 e. The van der Waals surface area contributed by atoms with Gasteiger partial charge in [0.1, 0.15) is 5.69 Å². The first-order chi connectivity index (χ1) is 19.0. The van der Waals surface area contributed by atoms with E-state index in [1.807, 2.05) is 35.4 Å².